The van der Waals surface area contributed by atoms with Gasteiger partial charge in [-0.3, -0.25) is 4.79 Å². The van der Waals surface area contributed by atoms with Crippen molar-refractivity contribution in [3.05, 3.63) is 70.9 Å². The van der Waals surface area contributed by atoms with E-state index in [4.69, 9.17) is 0 Å². The van der Waals surface area contributed by atoms with E-state index < -0.39 is 17.5 Å². The molecule has 0 atom stereocenters. The number of hydrogen-bond acceptors (Lipinski definition) is 1. The SMILES string of the molecule is Cc1c(CCNC(=O)c2ccc(F)c(F)c2)c2ccccc2n1C. The molecule has 0 aliphatic heterocycles. The van der Waals surface area contributed by atoms with Gasteiger partial charge in [-0.05, 0) is 43.2 Å². The Hall–Kier alpha value is -2.69. The summed E-state index contributed by atoms with van der Waals surface area (Å²) in [7, 11) is 2.01. The third-order valence-corrected chi connectivity index (χ3v) is 4.37. The third kappa shape index (κ3) is 2.89. The van der Waals surface area contributed by atoms with Crippen molar-refractivity contribution in [2.75, 3.05) is 6.54 Å². The molecule has 0 aliphatic carbocycles. The van der Waals surface area contributed by atoms with Crippen molar-refractivity contribution in [2.24, 2.45) is 7.05 Å². The molecule has 0 spiro atoms. The summed E-state index contributed by atoms with van der Waals surface area (Å²) in [5.74, 6) is -2.39. The van der Waals surface area contributed by atoms with Gasteiger partial charge in [0.25, 0.3) is 5.91 Å². The Labute approximate surface area is 138 Å². The van der Waals surface area contributed by atoms with Crippen molar-refractivity contribution in [3.63, 3.8) is 0 Å². The first-order chi connectivity index (χ1) is 11.5. The number of hydrogen-bond donors (Lipinski definition) is 1. The van der Waals surface area contributed by atoms with E-state index in [9.17, 15) is 13.6 Å². The molecule has 3 nitrogen and oxygen atoms in total. The number of carbonyl (C=O) groups is 1. The molecule has 124 valence electrons. The molecule has 1 N–H and O–H groups in total. The molecule has 2 aromatic carbocycles. The van der Waals surface area contributed by atoms with Crippen LogP contribution in [0, 0.1) is 18.6 Å². The average Bonchev–Trinajstić information content (AvgIpc) is 2.82. The lowest BCUT2D eigenvalue weighted by molar-refractivity contribution is 0.0953. The number of amides is 1. The highest BCUT2D eigenvalue weighted by atomic mass is 19.2. The summed E-state index contributed by atoms with van der Waals surface area (Å²) in [5, 5.41) is 3.92. The highest BCUT2D eigenvalue weighted by Gasteiger charge is 2.13. The lowest BCUT2D eigenvalue weighted by Gasteiger charge is -2.07. The van der Waals surface area contributed by atoms with Gasteiger partial charge in [-0.25, -0.2) is 8.78 Å². The van der Waals surface area contributed by atoms with Crippen molar-refractivity contribution >= 4 is 16.8 Å². The number of para-hydroxylation sites is 1. The maximum Gasteiger partial charge on any atom is 0.251 e. The summed E-state index contributed by atoms with van der Waals surface area (Å²) in [4.78, 5) is 12.0. The van der Waals surface area contributed by atoms with E-state index in [1.165, 1.54) is 17.0 Å². The predicted octanol–water partition coefficient (Wildman–Crippen LogP) is 3.74. The van der Waals surface area contributed by atoms with Gasteiger partial charge in [0, 0.05) is 35.8 Å². The van der Waals surface area contributed by atoms with Gasteiger partial charge in [0.05, 0.1) is 0 Å². The van der Waals surface area contributed by atoms with Crippen LogP contribution in [0.5, 0.6) is 0 Å². The van der Waals surface area contributed by atoms with Gasteiger partial charge in [0.15, 0.2) is 11.6 Å². The number of fused-ring (bicyclic) bond motifs is 1. The van der Waals surface area contributed by atoms with Crippen molar-refractivity contribution in [3.8, 4) is 0 Å². The summed E-state index contributed by atoms with van der Waals surface area (Å²) < 4.78 is 28.2. The number of carbonyl (C=O) groups excluding carboxylic acids is 1. The minimum Gasteiger partial charge on any atom is -0.352 e. The van der Waals surface area contributed by atoms with Gasteiger partial charge in [0.1, 0.15) is 0 Å². The molecule has 3 rings (SSSR count). The molecule has 0 saturated carbocycles. The second-order valence-corrected chi connectivity index (χ2v) is 5.77. The van der Waals surface area contributed by atoms with Crippen LogP contribution in [-0.2, 0) is 13.5 Å². The van der Waals surface area contributed by atoms with Crippen LogP contribution in [0.3, 0.4) is 0 Å². The first-order valence-corrected chi connectivity index (χ1v) is 7.75. The maximum absolute atomic E-state index is 13.2. The zero-order chi connectivity index (χ0) is 17.3. The quantitative estimate of drug-likeness (QED) is 0.778. The van der Waals surface area contributed by atoms with Crippen molar-refractivity contribution in [1.82, 2.24) is 9.88 Å². The fraction of sp³-hybridized carbons (Fsp3) is 0.211. The molecule has 3 aromatic rings. The minimum absolute atomic E-state index is 0.114. The molecule has 1 heterocycles. The van der Waals surface area contributed by atoms with Crippen LogP contribution in [0.1, 0.15) is 21.6 Å². The summed E-state index contributed by atoms with van der Waals surface area (Å²) in [5.41, 5.74) is 3.59. The molecule has 1 aromatic heterocycles. The summed E-state index contributed by atoms with van der Waals surface area (Å²) >= 11 is 0. The Morgan fingerprint density at radius 2 is 1.88 bits per heavy atom. The van der Waals surface area contributed by atoms with E-state index in [0.29, 0.717) is 13.0 Å². The van der Waals surface area contributed by atoms with Gasteiger partial charge in [-0.15, -0.1) is 0 Å². The van der Waals surface area contributed by atoms with Gasteiger partial charge in [-0.1, -0.05) is 18.2 Å². The van der Waals surface area contributed by atoms with Crippen LogP contribution in [-0.4, -0.2) is 17.0 Å². The van der Waals surface area contributed by atoms with Crippen LogP contribution >= 0.6 is 0 Å². The first kappa shape index (κ1) is 16.2. The summed E-state index contributed by atoms with van der Waals surface area (Å²) in [6.07, 6.45) is 0.669. The number of aryl methyl sites for hydroxylation is 1. The second-order valence-electron chi connectivity index (χ2n) is 5.77. The van der Waals surface area contributed by atoms with Crippen LogP contribution < -0.4 is 5.32 Å². The molecule has 1 amide bonds. The van der Waals surface area contributed by atoms with Gasteiger partial charge < -0.3 is 9.88 Å². The first-order valence-electron chi connectivity index (χ1n) is 7.75. The zero-order valence-corrected chi connectivity index (χ0v) is 13.6. The van der Waals surface area contributed by atoms with E-state index in [-0.39, 0.29) is 5.56 Å². The highest BCUT2D eigenvalue weighted by Crippen LogP contribution is 2.24. The Bertz CT molecular complexity index is 915. The molecular weight excluding hydrogens is 310 g/mol. The number of halogens is 2. The van der Waals surface area contributed by atoms with Crippen molar-refractivity contribution < 1.29 is 13.6 Å². The highest BCUT2D eigenvalue weighted by molar-refractivity contribution is 5.94. The smallest absolute Gasteiger partial charge is 0.251 e. The predicted molar refractivity (Wildman–Crippen MR) is 90.1 cm³/mol. The number of nitrogens with one attached hydrogen (secondary N) is 1. The van der Waals surface area contributed by atoms with Gasteiger partial charge in [-0.2, -0.15) is 0 Å². The van der Waals surface area contributed by atoms with Crippen LogP contribution in [0.2, 0.25) is 0 Å². The molecule has 0 saturated heterocycles. The molecular formula is C19H18F2N2O. The molecule has 0 fully saturated rings. The topological polar surface area (TPSA) is 34.0 Å². The van der Waals surface area contributed by atoms with E-state index in [2.05, 4.69) is 22.0 Å². The van der Waals surface area contributed by atoms with Gasteiger partial charge >= 0.3 is 0 Å². The molecule has 0 bridgehead atoms. The minimum atomic E-state index is -1.02. The summed E-state index contributed by atoms with van der Waals surface area (Å²) in [6.45, 7) is 2.47. The normalized spacial score (nSPS) is 11.0. The van der Waals surface area contributed by atoms with Crippen LogP contribution in [0.15, 0.2) is 42.5 Å². The molecule has 0 radical (unpaired) electrons. The molecule has 0 unspecified atom stereocenters. The summed E-state index contributed by atoms with van der Waals surface area (Å²) in [6, 6.07) is 11.3. The van der Waals surface area contributed by atoms with E-state index in [1.54, 1.807) is 0 Å². The van der Waals surface area contributed by atoms with Crippen LogP contribution in [0.4, 0.5) is 8.78 Å². The Morgan fingerprint density at radius 1 is 1.12 bits per heavy atom. The number of rotatable bonds is 4. The maximum atomic E-state index is 13.2. The van der Waals surface area contributed by atoms with Crippen molar-refractivity contribution in [1.29, 1.82) is 0 Å². The van der Waals surface area contributed by atoms with E-state index >= 15 is 0 Å². The third-order valence-electron chi connectivity index (χ3n) is 4.37. The monoisotopic (exact) mass is 328 g/mol. The van der Waals surface area contributed by atoms with Crippen molar-refractivity contribution in [2.45, 2.75) is 13.3 Å². The van der Waals surface area contributed by atoms with Gasteiger partial charge in [0.2, 0.25) is 0 Å². The lowest BCUT2D eigenvalue weighted by Crippen LogP contribution is -2.26. The largest absolute Gasteiger partial charge is 0.352 e. The number of benzene rings is 2. The fourth-order valence-electron chi connectivity index (χ4n) is 2.96. The molecule has 24 heavy (non-hydrogen) atoms. The Morgan fingerprint density at radius 3 is 2.62 bits per heavy atom. The van der Waals surface area contributed by atoms with E-state index in [0.717, 1.165) is 23.3 Å². The number of nitrogens with zero attached hydrogens (tertiary/aromatic N) is 1. The fourth-order valence-corrected chi connectivity index (χ4v) is 2.96. The lowest BCUT2D eigenvalue weighted by atomic mass is 10.1. The average molecular weight is 328 g/mol. The Kier molecular flexibility index (Phi) is 4.34. The zero-order valence-electron chi connectivity index (χ0n) is 13.6. The second kappa shape index (κ2) is 6.43. The Balaban J connectivity index is 1.72. The van der Waals surface area contributed by atoms with Crippen LogP contribution in [0.25, 0.3) is 10.9 Å². The molecule has 5 heteroatoms. The molecule has 0 aliphatic rings. The standard InChI is InChI=1S/C19H18F2N2O/c1-12-14(15-5-3-4-6-18(15)23(12)2)9-10-22-19(24)13-7-8-16(20)17(21)11-13/h3-8,11H,9-10H2,1-2H3,(H,22,24). The van der Waals surface area contributed by atoms with E-state index in [1.807, 2.05) is 26.1 Å². The number of aromatic nitrogens is 1.